The van der Waals surface area contributed by atoms with Gasteiger partial charge in [0.2, 0.25) is 15.9 Å². The van der Waals surface area contributed by atoms with Gasteiger partial charge in [0.1, 0.15) is 0 Å². The van der Waals surface area contributed by atoms with E-state index in [1.54, 1.807) is 18.2 Å². The van der Waals surface area contributed by atoms with E-state index in [1.165, 1.54) is 29.6 Å². The summed E-state index contributed by atoms with van der Waals surface area (Å²) in [4.78, 5) is 12.8. The second-order valence-corrected chi connectivity index (χ2v) is 9.73. The molecule has 0 bridgehead atoms. The van der Waals surface area contributed by atoms with Crippen LogP contribution in [-0.4, -0.2) is 57.0 Å². The molecule has 28 heavy (non-hydrogen) atoms. The maximum absolute atomic E-state index is 12.8. The highest BCUT2D eigenvalue weighted by Crippen LogP contribution is 2.24. The summed E-state index contributed by atoms with van der Waals surface area (Å²) in [5.41, 5.74) is 0.490. The van der Waals surface area contributed by atoms with Gasteiger partial charge >= 0.3 is 0 Å². The van der Waals surface area contributed by atoms with Crippen LogP contribution in [0.25, 0.3) is 0 Å². The third kappa shape index (κ3) is 5.11. The highest BCUT2D eigenvalue weighted by Gasteiger charge is 2.27. The molecule has 0 spiro atoms. The molecule has 1 saturated heterocycles. The van der Waals surface area contributed by atoms with E-state index in [9.17, 15) is 13.2 Å². The number of hydrogen-bond donors (Lipinski definition) is 2. The summed E-state index contributed by atoms with van der Waals surface area (Å²) in [6, 6.07) is 6.47. The van der Waals surface area contributed by atoms with E-state index in [-0.39, 0.29) is 16.8 Å². The number of benzene rings is 1. The molecule has 1 aromatic carbocycles. The molecule has 3 rings (SSSR count). The number of sulfonamides is 1. The van der Waals surface area contributed by atoms with E-state index in [0.717, 1.165) is 6.42 Å². The predicted octanol–water partition coefficient (Wildman–Crippen LogP) is 2.20. The Morgan fingerprint density at radius 3 is 2.64 bits per heavy atom. The van der Waals surface area contributed by atoms with Gasteiger partial charge < -0.3 is 15.4 Å². The Kier molecular flexibility index (Phi) is 7.09. The van der Waals surface area contributed by atoms with Crippen molar-refractivity contribution in [3.05, 3.63) is 24.3 Å². The van der Waals surface area contributed by atoms with E-state index in [2.05, 4.69) is 17.6 Å². The lowest BCUT2D eigenvalue weighted by Crippen LogP contribution is -2.47. The molecule has 1 aliphatic heterocycles. The number of anilines is 1. The van der Waals surface area contributed by atoms with Gasteiger partial charge in [-0.1, -0.05) is 25.8 Å². The van der Waals surface area contributed by atoms with Crippen LogP contribution in [0.5, 0.6) is 0 Å². The molecular formula is C20H31N3O4S. The fourth-order valence-corrected chi connectivity index (χ4v) is 5.34. The van der Waals surface area contributed by atoms with Gasteiger partial charge in [-0.2, -0.15) is 4.31 Å². The average Bonchev–Trinajstić information content (AvgIpc) is 2.70. The first-order valence-corrected chi connectivity index (χ1v) is 11.6. The van der Waals surface area contributed by atoms with Crippen molar-refractivity contribution in [2.24, 2.45) is 5.92 Å². The zero-order valence-electron chi connectivity index (χ0n) is 16.7. The molecule has 156 valence electrons. The number of carbonyl (C=O) groups is 1. The van der Waals surface area contributed by atoms with Gasteiger partial charge in [-0.15, -0.1) is 0 Å². The summed E-state index contributed by atoms with van der Waals surface area (Å²) in [5, 5.41) is 6.29. The summed E-state index contributed by atoms with van der Waals surface area (Å²) in [6.07, 6.45) is 4.72. The van der Waals surface area contributed by atoms with Crippen molar-refractivity contribution < 1.29 is 17.9 Å². The largest absolute Gasteiger partial charge is 0.379 e. The molecule has 2 fully saturated rings. The molecule has 2 aliphatic rings. The number of carbonyl (C=O) groups excluding carboxylic acids is 1. The molecule has 0 aromatic heterocycles. The van der Waals surface area contributed by atoms with Crippen LogP contribution in [0.3, 0.4) is 0 Å². The predicted molar refractivity (Wildman–Crippen MR) is 109 cm³/mol. The Bertz CT molecular complexity index is 777. The third-order valence-corrected chi connectivity index (χ3v) is 7.57. The molecule has 1 aromatic rings. The first-order valence-electron chi connectivity index (χ1n) is 10.1. The maximum atomic E-state index is 12.8. The Morgan fingerprint density at radius 2 is 1.93 bits per heavy atom. The van der Waals surface area contributed by atoms with Crippen molar-refractivity contribution in [1.29, 1.82) is 0 Å². The van der Waals surface area contributed by atoms with Crippen LogP contribution in [0, 0.1) is 5.92 Å². The van der Waals surface area contributed by atoms with Gasteiger partial charge in [0, 0.05) is 24.8 Å². The number of morpholine rings is 1. The Labute approximate surface area is 167 Å². The van der Waals surface area contributed by atoms with E-state index in [4.69, 9.17) is 4.74 Å². The van der Waals surface area contributed by atoms with Crippen molar-refractivity contribution in [2.45, 2.75) is 56.5 Å². The van der Waals surface area contributed by atoms with Crippen LogP contribution < -0.4 is 10.6 Å². The number of hydrogen-bond acceptors (Lipinski definition) is 5. The van der Waals surface area contributed by atoms with Gasteiger partial charge in [0.05, 0.1) is 24.2 Å². The first-order chi connectivity index (χ1) is 13.4. The topological polar surface area (TPSA) is 87.7 Å². The highest BCUT2D eigenvalue weighted by atomic mass is 32.2. The number of rotatable bonds is 6. The van der Waals surface area contributed by atoms with Gasteiger partial charge in [-0.05, 0) is 43.9 Å². The second kappa shape index (κ2) is 9.35. The summed E-state index contributed by atoms with van der Waals surface area (Å²) >= 11 is 0. The van der Waals surface area contributed by atoms with Crippen molar-refractivity contribution in [1.82, 2.24) is 9.62 Å². The summed E-state index contributed by atoms with van der Waals surface area (Å²) in [6.45, 7) is 5.57. The molecule has 7 nitrogen and oxygen atoms in total. The van der Waals surface area contributed by atoms with E-state index in [1.807, 2.05) is 6.92 Å². The standard InChI is InChI=1S/C20H31N3O4S/c1-15-6-3-4-9-19(15)21-16(2)20(24)22-17-7-5-8-18(14-17)28(25,26)23-10-12-27-13-11-23/h5,7-8,14-16,19,21H,3-4,6,9-13H2,1-2H3,(H,22,24)/t15-,16-,19+/m0/s1. The van der Waals surface area contributed by atoms with E-state index in [0.29, 0.717) is 44.0 Å². The quantitative estimate of drug-likeness (QED) is 0.752. The first kappa shape index (κ1) is 21.2. The molecule has 8 heteroatoms. The molecule has 1 saturated carbocycles. The van der Waals surface area contributed by atoms with Gasteiger partial charge in [-0.3, -0.25) is 4.79 Å². The third-order valence-electron chi connectivity index (χ3n) is 5.68. The minimum atomic E-state index is -3.58. The number of nitrogens with one attached hydrogen (secondary N) is 2. The Morgan fingerprint density at radius 1 is 1.21 bits per heavy atom. The maximum Gasteiger partial charge on any atom is 0.243 e. The van der Waals surface area contributed by atoms with Crippen LogP contribution in [0.4, 0.5) is 5.69 Å². The Hall–Kier alpha value is -1.48. The smallest absolute Gasteiger partial charge is 0.243 e. The van der Waals surface area contributed by atoms with Crippen LogP contribution >= 0.6 is 0 Å². The number of amides is 1. The average molecular weight is 410 g/mol. The molecule has 0 radical (unpaired) electrons. The lowest BCUT2D eigenvalue weighted by molar-refractivity contribution is -0.118. The van der Waals surface area contributed by atoms with Gasteiger partial charge in [0.15, 0.2) is 0 Å². The van der Waals surface area contributed by atoms with Gasteiger partial charge in [-0.25, -0.2) is 8.42 Å². The minimum absolute atomic E-state index is 0.154. The van der Waals surface area contributed by atoms with Crippen molar-refractivity contribution in [3.63, 3.8) is 0 Å². The zero-order valence-corrected chi connectivity index (χ0v) is 17.5. The fourth-order valence-electron chi connectivity index (χ4n) is 3.88. The zero-order chi connectivity index (χ0) is 20.1. The monoisotopic (exact) mass is 409 g/mol. The minimum Gasteiger partial charge on any atom is -0.379 e. The fraction of sp³-hybridized carbons (Fsp3) is 0.650. The van der Waals surface area contributed by atoms with Crippen LogP contribution in [-0.2, 0) is 19.6 Å². The van der Waals surface area contributed by atoms with Crippen LogP contribution in [0.15, 0.2) is 29.2 Å². The summed E-state index contributed by atoms with van der Waals surface area (Å²) < 4.78 is 32.3. The second-order valence-electron chi connectivity index (χ2n) is 7.79. The lowest BCUT2D eigenvalue weighted by Gasteiger charge is -2.31. The number of ether oxygens (including phenoxy) is 1. The van der Waals surface area contributed by atoms with Gasteiger partial charge in [0.25, 0.3) is 0 Å². The highest BCUT2D eigenvalue weighted by molar-refractivity contribution is 7.89. The van der Waals surface area contributed by atoms with E-state index < -0.39 is 10.0 Å². The normalized spacial score (nSPS) is 25.2. The van der Waals surface area contributed by atoms with E-state index >= 15 is 0 Å². The molecule has 3 atom stereocenters. The van der Waals surface area contributed by atoms with Crippen molar-refractivity contribution >= 4 is 21.6 Å². The van der Waals surface area contributed by atoms with Crippen molar-refractivity contribution in [2.75, 3.05) is 31.6 Å². The van der Waals surface area contributed by atoms with Crippen LogP contribution in [0.2, 0.25) is 0 Å². The van der Waals surface area contributed by atoms with Crippen molar-refractivity contribution in [3.8, 4) is 0 Å². The molecular weight excluding hydrogens is 378 g/mol. The summed E-state index contributed by atoms with van der Waals surface area (Å²) in [7, 11) is -3.58. The Balaban J connectivity index is 1.64. The lowest BCUT2D eigenvalue weighted by atomic mass is 9.85. The molecule has 1 heterocycles. The SMILES string of the molecule is C[C@H](N[C@@H]1CCCC[C@@H]1C)C(=O)Nc1cccc(S(=O)(=O)N2CCOCC2)c1. The molecule has 2 N–H and O–H groups in total. The number of nitrogens with zero attached hydrogens (tertiary/aromatic N) is 1. The summed E-state index contributed by atoms with van der Waals surface area (Å²) in [5.74, 6) is 0.407. The van der Waals surface area contributed by atoms with Crippen LogP contribution in [0.1, 0.15) is 39.5 Å². The molecule has 1 aliphatic carbocycles. The molecule has 0 unspecified atom stereocenters. The molecule has 1 amide bonds.